The van der Waals surface area contributed by atoms with Gasteiger partial charge in [0, 0.05) is 36.4 Å². The van der Waals surface area contributed by atoms with Gasteiger partial charge in [0.2, 0.25) is 0 Å². The van der Waals surface area contributed by atoms with Crippen molar-refractivity contribution in [3.63, 3.8) is 0 Å². The number of nitrogens with zero attached hydrogens (tertiary/aromatic N) is 3. The lowest BCUT2D eigenvalue weighted by molar-refractivity contribution is -0.139. The smallest absolute Gasteiger partial charge is 0.341 e. The molecule has 0 aliphatic rings. The molecule has 0 amide bonds. The topological polar surface area (TPSA) is 110 Å². The van der Waals surface area contributed by atoms with E-state index < -0.39 is 22.6 Å². The van der Waals surface area contributed by atoms with Gasteiger partial charge in [-0.25, -0.2) is 18.2 Å². The van der Waals surface area contributed by atoms with Crippen molar-refractivity contribution in [3.05, 3.63) is 108 Å². The minimum absolute atomic E-state index is 0.0671. The number of ether oxygens (including phenoxy) is 1. The molecule has 0 spiro atoms. The molecule has 11 heteroatoms. The molecule has 8 nitrogen and oxygen atoms in total. The molecule has 2 aromatic carbocycles. The van der Waals surface area contributed by atoms with Gasteiger partial charge in [0.1, 0.15) is 15.0 Å². The van der Waals surface area contributed by atoms with Crippen LogP contribution in [-0.4, -0.2) is 40.4 Å². The average molecular weight is 578 g/mol. The van der Waals surface area contributed by atoms with Gasteiger partial charge in [-0.3, -0.25) is 4.98 Å². The quantitative estimate of drug-likeness (QED) is 0.212. The van der Waals surface area contributed by atoms with Crippen LogP contribution in [-0.2, 0) is 27.9 Å². The summed E-state index contributed by atoms with van der Waals surface area (Å²) in [6.07, 6.45) is 3.42. The van der Waals surface area contributed by atoms with Crippen molar-refractivity contribution in [2.24, 2.45) is 0 Å². The molecule has 1 N–H and O–H groups in total. The average Bonchev–Trinajstić information content (AvgIpc) is 3.66. The highest BCUT2D eigenvalue weighted by Gasteiger charge is 2.27. The number of carbonyl (C=O) groups is 1. The Morgan fingerprint density at radius 1 is 0.897 bits per heavy atom. The molecule has 0 bridgehead atoms. The highest BCUT2D eigenvalue weighted by atomic mass is 32.2. The Kier molecular flexibility index (Phi) is 8.13. The van der Waals surface area contributed by atoms with Gasteiger partial charge in [-0.15, -0.1) is 22.7 Å². The molecule has 39 heavy (non-hydrogen) atoms. The molecule has 0 fully saturated rings. The van der Waals surface area contributed by atoms with Crippen LogP contribution in [0.15, 0.2) is 101 Å². The van der Waals surface area contributed by atoms with Gasteiger partial charge in [0.15, 0.2) is 6.61 Å². The zero-order valence-corrected chi connectivity index (χ0v) is 23.0. The Morgan fingerprint density at radius 3 is 2.44 bits per heavy atom. The Labute approximate surface area is 233 Å². The first kappa shape index (κ1) is 26.7. The van der Waals surface area contributed by atoms with E-state index >= 15 is 0 Å². The van der Waals surface area contributed by atoms with Gasteiger partial charge in [0.25, 0.3) is 10.0 Å². The highest BCUT2D eigenvalue weighted by Crippen LogP contribution is 2.33. The highest BCUT2D eigenvalue weighted by molar-refractivity contribution is 7.91. The number of benzene rings is 2. The maximum Gasteiger partial charge on any atom is 0.341 e. The predicted octanol–water partition coefficient (Wildman–Crippen LogP) is 5.79. The lowest BCUT2D eigenvalue weighted by Crippen LogP contribution is -2.29. The fourth-order valence-electron chi connectivity index (χ4n) is 3.86. The molecule has 5 rings (SSSR count). The Bertz CT molecular complexity index is 1650. The molecule has 0 unspecified atom stereocenters. The maximum absolute atomic E-state index is 13.9. The molecule has 0 aliphatic heterocycles. The van der Waals surface area contributed by atoms with E-state index in [1.165, 1.54) is 27.0 Å². The number of hydrogen-bond donors (Lipinski definition) is 1. The van der Waals surface area contributed by atoms with Gasteiger partial charge in [-0.1, -0.05) is 42.5 Å². The summed E-state index contributed by atoms with van der Waals surface area (Å²) in [5, 5.41) is 11.7. The van der Waals surface area contributed by atoms with Crippen molar-refractivity contribution in [1.82, 2.24) is 14.3 Å². The molecule has 198 valence electrons. The monoisotopic (exact) mass is 577 g/mol. The van der Waals surface area contributed by atoms with Crippen molar-refractivity contribution in [2.75, 3.05) is 6.61 Å². The van der Waals surface area contributed by atoms with Crippen LogP contribution in [0.25, 0.3) is 21.1 Å². The summed E-state index contributed by atoms with van der Waals surface area (Å²) in [6.45, 7) is -0.280. The molecule has 0 saturated heterocycles. The van der Waals surface area contributed by atoms with Gasteiger partial charge in [0.05, 0.1) is 10.6 Å². The number of sulfonamides is 1. The number of hydrogen-bond acceptors (Lipinski definition) is 8. The fourth-order valence-corrected chi connectivity index (χ4v) is 7.36. The fraction of sp³-hybridized carbons (Fsp3) is 0.107. The zero-order valence-electron chi connectivity index (χ0n) is 20.5. The first-order chi connectivity index (χ1) is 18.9. The zero-order chi connectivity index (χ0) is 27.2. The van der Waals surface area contributed by atoms with E-state index in [0.717, 1.165) is 21.0 Å². The largest absolute Gasteiger partial charge is 0.482 e. The number of thiazole rings is 1. The standard InChI is InChI=1S/C28H23N3O5S3/c32-26(33)19-36-23-5-3-4-21(16-23)18-31(17-20-7-9-22(10-8-20)28-30-14-15-37-28)39(34,35)27-12-11-25(38-27)24-6-1-2-13-29-24/h1-16H,17-19H2,(H,32,33). The van der Waals surface area contributed by atoms with E-state index in [9.17, 15) is 13.2 Å². The Balaban J connectivity index is 1.45. The molecule has 0 aliphatic carbocycles. The lowest BCUT2D eigenvalue weighted by atomic mass is 10.1. The minimum Gasteiger partial charge on any atom is -0.482 e. The van der Waals surface area contributed by atoms with E-state index in [4.69, 9.17) is 9.84 Å². The second-order valence-electron chi connectivity index (χ2n) is 8.47. The number of aromatic nitrogens is 2. The summed E-state index contributed by atoms with van der Waals surface area (Å²) in [5.41, 5.74) is 3.15. The van der Waals surface area contributed by atoms with Crippen LogP contribution < -0.4 is 4.74 Å². The summed E-state index contributed by atoms with van der Waals surface area (Å²) in [7, 11) is -3.90. The summed E-state index contributed by atoms with van der Waals surface area (Å²) in [6, 6.07) is 23.3. The molecule has 0 atom stereocenters. The minimum atomic E-state index is -3.90. The maximum atomic E-state index is 13.9. The van der Waals surface area contributed by atoms with Crippen molar-refractivity contribution in [2.45, 2.75) is 17.3 Å². The molecule has 0 saturated carbocycles. The van der Waals surface area contributed by atoms with Crippen molar-refractivity contribution >= 4 is 38.7 Å². The van der Waals surface area contributed by atoms with Gasteiger partial charge < -0.3 is 9.84 Å². The third-order valence-electron chi connectivity index (χ3n) is 5.70. The van der Waals surface area contributed by atoms with E-state index in [1.807, 2.05) is 47.8 Å². The predicted molar refractivity (Wildman–Crippen MR) is 151 cm³/mol. The number of rotatable bonds is 11. The Morgan fingerprint density at radius 2 is 1.72 bits per heavy atom. The number of aliphatic carboxylic acids is 1. The van der Waals surface area contributed by atoms with Crippen molar-refractivity contribution < 1.29 is 23.1 Å². The van der Waals surface area contributed by atoms with Gasteiger partial charge in [-0.05, 0) is 47.5 Å². The van der Waals surface area contributed by atoms with Crippen LogP contribution >= 0.6 is 22.7 Å². The second kappa shape index (κ2) is 11.9. The molecule has 3 heterocycles. The lowest BCUT2D eigenvalue weighted by Gasteiger charge is -2.22. The summed E-state index contributed by atoms with van der Waals surface area (Å²) in [5.74, 6) is -0.735. The number of pyridine rings is 1. The molecule has 3 aromatic heterocycles. The van der Waals surface area contributed by atoms with E-state index in [-0.39, 0.29) is 17.3 Å². The van der Waals surface area contributed by atoms with Gasteiger partial charge in [-0.2, -0.15) is 4.31 Å². The molecule has 0 radical (unpaired) electrons. The van der Waals surface area contributed by atoms with Crippen LogP contribution in [0, 0.1) is 0 Å². The summed E-state index contributed by atoms with van der Waals surface area (Å²) < 4.78 is 34.8. The third-order valence-corrected chi connectivity index (χ3v) is 9.89. The van der Waals surface area contributed by atoms with Crippen LogP contribution in [0.3, 0.4) is 0 Å². The van der Waals surface area contributed by atoms with E-state index in [1.54, 1.807) is 48.8 Å². The SMILES string of the molecule is O=C(O)COc1cccc(CN(Cc2ccc(-c3nccs3)cc2)S(=O)(=O)c2ccc(-c3ccccn3)s2)c1. The number of carboxylic acid groups (broad SMARTS) is 1. The Hall–Kier alpha value is -3.90. The first-order valence-electron chi connectivity index (χ1n) is 11.8. The van der Waals surface area contributed by atoms with Crippen molar-refractivity contribution in [3.8, 4) is 26.9 Å². The molecular weight excluding hydrogens is 555 g/mol. The third kappa shape index (κ3) is 6.58. The first-order valence-corrected chi connectivity index (χ1v) is 15.0. The van der Waals surface area contributed by atoms with E-state index in [0.29, 0.717) is 17.0 Å². The molecular formula is C28H23N3O5S3. The number of thiophene rings is 1. The normalized spacial score (nSPS) is 11.5. The van der Waals surface area contributed by atoms with Crippen molar-refractivity contribution in [1.29, 1.82) is 0 Å². The van der Waals surface area contributed by atoms with Crippen LogP contribution in [0.5, 0.6) is 5.75 Å². The second-order valence-corrected chi connectivity index (χ2v) is 12.6. The van der Waals surface area contributed by atoms with Crippen LogP contribution in [0.4, 0.5) is 0 Å². The molecule has 5 aromatic rings. The summed E-state index contributed by atoms with van der Waals surface area (Å²) in [4.78, 5) is 20.3. The summed E-state index contributed by atoms with van der Waals surface area (Å²) >= 11 is 2.71. The van der Waals surface area contributed by atoms with E-state index in [2.05, 4.69) is 9.97 Å². The van der Waals surface area contributed by atoms with Crippen LogP contribution in [0.2, 0.25) is 0 Å². The van der Waals surface area contributed by atoms with Crippen LogP contribution in [0.1, 0.15) is 11.1 Å². The van der Waals surface area contributed by atoms with Gasteiger partial charge >= 0.3 is 5.97 Å². The number of carboxylic acids is 1.